The Morgan fingerprint density at radius 3 is 2.30 bits per heavy atom. The number of nitrogens with zero attached hydrogens (tertiary/aromatic N) is 2. The van der Waals surface area contributed by atoms with E-state index in [1.165, 1.54) is 10.6 Å². The van der Waals surface area contributed by atoms with Crippen molar-refractivity contribution in [3.63, 3.8) is 0 Å². The van der Waals surface area contributed by atoms with Crippen molar-refractivity contribution in [3.05, 3.63) is 106 Å². The van der Waals surface area contributed by atoms with Crippen LogP contribution in [-0.4, -0.2) is 84.2 Å². The molecule has 1 aromatic heterocycles. The summed E-state index contributed by atoms with van der Waals surface area (Å²) in [5, 5.41) is 8.69. The average molecular weight is 742 g/mol. The zero-order valence-electron chi connectivity index (χ0n) is 31.3. The molecule has 2 aromatic carbocycles. The van der Waals surface area contributed by atoms with Crippen molar-refractivity contribution in [2.75, 3.05) is 32.8 Å². The molecule has 4 amide bonds. The topological polar surface area (TPSA) is 165 Å². The molecule has 288 valence electrons. The number of rotatable bonds is 14. The van der Waals surface area contributed by atoms with Crippen LogP contribution in [0.4, 0.5) is 4.79 Å². The Morgan fingerprint density at radius 1 is 0.870 bits per heavy atom. The van der Waals surface area contributed by atoms with E-state index in [-0.39, 0.29) is 42.2 Å². The SMILES string of the molecule is CCOC(=O)NCCCC[C@@H](NC(=O)[C@@]1(c2ccccc2)CC[C@H](C(=O)N2CCC(NC(=O)c3cccn(C)c3=O)CC2)c2ccccc21)C(=O)OCC. The number of hydrogen-bond donors (Lipinski definition) is 3. The molecule has 3 atom stereocenters. The smallest absolute Gasteiger partial charge is 0.407 e. The second-order valence-corrected chi connectivity index (χ2v) is 13.8. The van der Waals surface area contributed by atoms with E-state index in [2.05, 4.69) is 16.0 Å². The molecule has 1 saturated heterocycles. The fraction of sp³-hybridized carbons (Fsp3) is 0.463. The van der Waals surface area contributed by atoms with Crippen molar-refractivity contribution in [2.45, 2.75) is 82.2 Å². The van der Waals surface area contributed by atoms with Crippen molar-refractivity contribution in [3.8, 4) is 0 Å². The number of esters is 1. The summed E-state index contributed by atoms with van der Waals surface area (Å²) >= 11 is 0. The number of pyridine rings is 1. The van der Waals surface area contributed by atoms with Gasteiger partial charge in [0.25, 0.3) is 11.5 Å². The van der Waals surface area contributed by atoms with Gasteiger partial charge in [0.1, 0.15) is 11.6 Å². The highest BCUT2D eigenvalue weighted by Crippen LogP contribution is 2.48. The van der Waals surface area contributed by atoms with E-state index in [4.69, 9.17) is 9.47 Å². The zero-order chi connectivity index (χ0) is 38.7. The zero-order valence-corrected chi connectivity index (χ0v) is 31.3. The third-order valence-corrected chi connectivity index (χ3v) is 10.4. The molecule has 1 aliphatic carbocycles. The summed E-state index contributed by atoms with van der Waals surface area (Å²) in [5.41, 5.74) is 0.769. The Hall–Kier alpha value is -5.46. The normalized spacial score (nSPS) is 18.8. The molecule has 2 heterocycles. The highest BCUT2D eigenvalue weighted by molar-refractivity contribution is 5.97. The van der Waals surface area contributed by atoms with Crippen LogP contribution in [0.3, 0.4) is 0 Å². The second-order valence-electron chi connectivity index (χ2n) is 13.8. The number of aryl methyl sites for hydroxylation is 1. The number of aromatic nitrogens is 1. The number of amides is 4. The molecule has 3 aromatic rings. The monoisotopic (exact) mass is 741 g/mol. The van der Waals surface area contributed by atoms with Crippen molar-refractivity contribution >= 4 is 29.8 Å². The van der Waals surface area contributed by atoms with Gasteiger partial charge < -0.3 is 34.9 Å². The van der Waals surface area contributed by atoms with Crippen LogP contribution in [0.15, 0.2) is 77.7 Å². The van der Waals surface area contributed by atoms with Gasteiger partial charge in [-0.1, -0.05) is 54.6 Å². The number of carbonyl (C=O) groups excluding carboxylic acids is 5. The van der Waals surface area contributed by atoms with E-state index in [0.29, 0.717) is 70.1 Å². The van der Waals surface area contributed by atoms with Gasteiger partial charge in [0.15, 0.2) is 0 Å². The highest BCUT2D eigenvalue weighted by Gasteiger charge is 2.49. The summed E-state index contributed by atoms with van der Waals surface area (Å²) in [6.45, 7) is 5.11. The summed E-state index contributed by atoms with van der Waals surface area (Å²) in [6, 6.07) is 19.1. The molecule has 0 spiro atoms. The van der Waals surface area contributed by atoms with E-state index in [1.807, 2.05) is 59.5 Å². The minimum atomic E-state index is -1.18. The van der Waals surface area contributed by atoms with Crippen LogP contribution in [-0.2, 0) is 36.3 Å². The number of ether oxygens (including phenoxy) is 2. The molecule has 0 saturated carbocycles. The summed E-state index contributed by atoms with van der Waals surface area (Å²) in [7, 11) is 1.60. The van der Waals surface area contributed by atoms with Gasteiger partial charge in [-0.15, -0.1) is 0 Å². The van der Waals surface area contributed by atoms with Gasteiger partial charge in [0.2, 0.25) is 11.8 Å². The maximum atomic E-state index is 14.8. The number of nitrogens with one attached hydrogen (secondary N) is 3. The molecule has 0 radical (unpaired) electrons. The molecule has 1 fully saturated rings. The van der Waals surface area contributed by atoms with Crippen LogP contribution in [0.5, 0.6) is 0 Å². The van der Waals surface area contributed by atoms with Gasteiger partial charge in [-0.25, -0.2) is 9.59 Å². The first-order valence-corrected chi connectivity index (χ1v) is 18.9. The van der Waals surface area contributed by atoms with Crippen LogP contribution in [0, 0.1) is 0 Å². The fourth-order valence-corrected chi connectivity index (χ4v) is 7.60. The number of likely N-dealkylation sites (tertiary alicyclic amines) is 1. The third-order valence-electron chi connectivity index (χ3n) is 10.4. The molecular formula is C41H51N5O8. The van der Waals surface area contributed by atoms with Gasteiger partial charge in [-0.3, -0.25) is 19.2 Å². The van der Waals surface area contributed by atoms with Crippen LogP contribution < -0.4 is 21.5 Å². The van der Waals surface area contributed by atoms with Gasteiger partial charge >= 0.3 is 12.1 Å². The van der Waals surface area contributed by atoms with Gasteiger partial charge in [0, 0.05) is 38.9 Å². The fourth-order valence-electron chi connectivity index (χ4n) is 7.60. The standard InChI is InChI=1S/C41H51N5O8/c1-4-53-38(50)34(19-11-12-24-42-40(52)54-5-2)44-39(51)41(28-14-7-6-8-15-28)23-20-31(30-16-9-10-18-33(30)41)37(49)46-26-21-29(22-27-46)43-35(47)32-17-13-25-45(3)36(32)48/h6-10,13-18,25,29,31,34H,4-5,11-12,19-24,26-27H2,1-3H3,(H,42,52)(H,43,47)(H,44,51)/t31-,34+,41+/m0/s1. The predicted molar refractivity (Wildman–Crippen MR) is 202 cm³/mol. The molecule has 13 nitrogen and oxygen atoms in total. The first-order valence-electron chi connectivity index (χ1n) is 18.9. The molecule has 54 heavy (non-hydrogen) atoms. The lowest BCUT2D eigenvalue weighted by Gasteiger charge is -2.43. The lowest BCUT2D eigenvalue weighted by molar-refractivity contribution is -0.148. The molecule has 13 heteroatoms. The number of fused-ring (bicyclic) bond motifs is 1. The van der Waals surface area contributed by atoms with E-state index in [0.717, 1.165) is 11.1 Å². The van der Waals surface area contributed by atoms with E-state index in [9.17, 15) is 28.8 Å². The van der Waals surface area contributed by atoms with Crippen LogP contribution in [0.25, 0.3) is 0 Å². The van der Waals surface area contributed by atoms with E-state index < -0.39 is 35.3 Å². The van der Waals surface area contributed by atoms with Crippen LogP contribution in [0.2, 0.25) is 0 Å². The second kappa shape index (κ2) is 18.5. The lowest BCUT2D eigenvalue weighted by Crippen LogP contribution is -2.54. The molecule has 1 aliphatic heterocycles. The molecule has 0 unspecified atom stereocenters. The first kappa shape index (κ1) is 39.7. The molecular weight excluding hydrogens is 690 g/mol. The summed E-state index contributed by atoms with van der Waals surface area (Å²) in [6.07, 6.45) is 4.32. The molecule has 2 aliphatic rings. The molecule has 3 N–H and O–H groups in total. The maximum Gasteiger partial charge on any atom is 0.407 e. The summed E-state index contributed by atoms with van der Waals surface area (Å²) in [4.78, 5) is 81.0. The number of piperidine rings is 1. The van der Waals surface area contributed by atoms with Gasteiger partial charge in [-0.05, 0) is 87.6 Å². The lowest BCUT2D eigenvalue weighted by atomic mass is 9.62. The number of carbonyl (C=O) groups is 5. The van der Waals surface area contributed by atoms with Gasteiger partial charge in [-0.2, -0.15) is 0 Å². The maximum absolute atomic E-state index is 14.8. The summed E-state index contributed by atoms with van der Waals surface area (Å²) in [5.74, 6) is -1.83. The van der Waals surface area contributed by atoms with Crippen molar-refractivity contribution < 1.29 is 33.4 Å². The van der Waals surface area contributed by atoms with Crippen LogP contribution in [0.1, 0.15) is 91.8 Å². The Kier molecular flexibility index (Phi) is 13.6. The van der Waals surface area contributed by atoms with Crippen molar-refractivity contribution in [1.82, 2.24) is 25.4 Å². The Balaban J connectivity index is 1.33. The average Bonchev–Trinajstić information content (AvgIpc) is 3.18. The number of hydrogen-bond acceptors (Lipinski definition) is 8. The highest BCUT2D eigenvalue weighted by atomic mass is 16.5. The molecule has 0 bridgehead atoms. The van der Waals surface area contributed by atoms with Crippen LogP contribution >= 0.6 is 0 Å². The number of alkyl carbamates (subject to hydrolysis) is 1. The Bertz CT molecular complexity index is 1860. The van der Waals surface area contributed by atoms with E-state index in [1.54, 1.807) is 33.2 Å². The largest absolute Gasteiger partial charge is 0.464 e. The number of unbranched alkanes of at least 4 members (excludes halogenated alkanes) is 1. The number of benzene rings is 2. The van der Waals surface area contributed by atoms with Crippen molar-refractivity contribution in [2.24, 2.45) is 7.05 Å². The summed E-state index contributed by atoms with van der Waals surface area (Å²) < 4.78 is 11.6. The molecule has 5 rings (SSSR count). The van der Waals surface area contributed by atoms with E-state index >= 15 is 0 Å². The quantitative estimate of drug-likeness (QED) is 0.165. The minimum absolute atomic E-state index is 0.0351. The van der Waals surface area contributed by atoms with Crippen molar-refractivity contribution in [1.29, 1.82) is 0 Å². The minimum Gasteiger partial charge on any atom is -0.464 e. The third kappa shape index (κ3) is 9.00. The Labute approximate surface area is 315 Å². The Morgan fingerprint density at radius 2 is 1.57 bits per heavy atom. The predicted octanol–water partition coefficient (Wildman–Crippen LogP) is 3.93. The first-order chi connectivity index (χ1) is 26.1. The van der Waals surface area contributed by atoms with Gasteiger partial charge in [0.05, 0.1) is 24.5 Å².